The first-order valence-corrected chi connectivity index (χ1v) is 3.18. The van der Waals surface area contributed by atoms with E-state index >= 15 is 0 Å². The summed E-state index contributed by atoms with van der Waals surface area (Å²) in [6, 6.07) is 0. The van der Waals surface area contributed by atoms with E-state index in [1.54, 1.807) is 6.20 Å². The van der Waals surface area contributed by atoms with Gasteiger partial charge in [-0.2, -0.15) is 0 Å². The van der Waals surface area contributed by atoms with Crippen LogP contribution in [0.5, 0.6) is 0 Å². The van der Waals surface area contributed by atoms with E-state index in [1.165, 1.54) is 14.6 Å². The molecule has 0 radical (unpaired) electrons. The maximum Gasteiger partial charge on any atom is 0.320 e. The van der Waals surface area contributed by atoms with Gasteiger partial charge >= 0.3 is 12.4 Å². The number of aromatic nitrogens is 2. The first-order valence-electron chi connectivity index (χ1n) is 1.59. The summed E-state index contributed by atoms with van der Waals surface area (Å²) in [6.07, 6.45) is 1.74. The van der Waals surface area contributed by atoms with E-state index in [1.807, 2.05) is 0 Å². The Morgan fingerprint density at radius 3 is 2.86 bits per heavy atom. The van der Waals surface area contributed by atoms with Gasteiger partial charge in [0.25, 0.3) is 0 Å². The van der Waals surface area contributed by atoms with Gasteiger partial charge in [-0.3, -0.25) is 0 Å². The summed E-state index contributed by atoms with van der Waals surface area (Å²) in [5.74, 6) is 0. The molecule has 0 aromatic carbocycles. The number of aromatic amines is 1. The fourth-order valence-electron chi connectivity index (χ4n) is 0.246. The van der Waals surface area contributed by atoms with E-state index in [0.717, 1.165) is 4.21 Å². The Kier molecular flexibility index (Phi) is 1.46. The lowest BCUT2D eigenvalue weighted by Crippen LogP contribution is -2.03. The van der Waals surface area contributed by atoms with Gasteiger partial charge in [-0.1, -0.05) is 0 Å². The second kappa shape index (κ2) is 1.94. The minimum absolute atomic E-state index is 0.898. The molecule has 0 bridgehead atoms. The molecule has 1 aromatic rings. The molecule has 0 saturated carbocycles. The molecular formula is C2H3N2S3+. The van der Waals surface area contributed by atoms with Gasteiger partial charge in [0.1, 0.15) is 4.21 Å². The van der Waals surface area contributed by atoms with E-state index in [4.69, 9.17) is 0 Å². The van der Waals surface area contributed by atoms with Crippen molar-refractivity contribution in [1.29, 1.82) is 0 Å². The molecule has 1 heterocycles. The summed E-state index contributed by atoms with van der Waals surface area (Å²) < 4.78 is 2.36. The van der Waals surface area contributed by atoms with Crippen molar-refractivity contribution in [3.05, 3.63) is 6.20 Å². The van der Waals surface area contributed by atoms with Crippen molar-refractivity contribution in [2.75, 3.05) is 0 Å². The van der Waals surface area contributed by atoms with Crippen LogP contribution in [0, 0.1) is 0 Å². The molecule has 0 spiro atoms. The molecule has 0 aliphatic rings. The Morgan fingerprint density at radius 2 is 2.71 bits per heavy atom. The fourth-order valence-corrected chi connectivity index (χ4v) is 1.39. The standard InChI is InChI=1S/C2H2N2S3/c5-2-1-3-4(6)7-2/h1H,(H-,3,5,6)/p+1. The van der Waals surface area contributed by atoms with Gasteiger partial charge in [0.05, 0.1) is 9.31 Å². The van der Waals surface area contributed by atoms with Crippen LogP contribution in [0.4, 0.5) is 0 Å². The Hall–Kier alpha value is 0.130. The van der Waals surface area contributed by atoms with Gasteiger partial charge in [-0.25, -0.2) is 0 Å². The van der Waals surface area contributed by atoms with Gasteiger partial charge in [0.2, 0.25) is 0 Å². The average molecular weight is 151 g/mol. The van der Waals surface area contributed by atoms with Crippen LogP contribution >= 0.6 is 36.6 Å². The smallest absolute Gasteiger partial charge is 0.138 e. The van der Waals surface area contributed by atoms with Gasteiger partial charge in [-0.15, -0.1) is 17.7 Å². The number of H-pyrrole nitrogens is 1. The third-order valence-electron chi connectivity index (χ3n) is 0.470. The summed E-state index contributed by atoms with van der Waals surface area (Å²) in [7, 11) is 0. The molecule has 0 fully saturated rings. The number of hydrogen-bond acceptors (Lipinski definition) is 3. The van der Waals surface area contributed by atoms with Crippen LogP contribution in [0.3, 0.4) is 0 Å². The number of rotatable bonds is 0. The highest BCUT2D eigenvalue weighted by Crippen LogP contribution is 2.02. The second-order valence-corrected chi connectivity index (χ2v) is 3.33. The number of nitrogens with one attached hydrogen (secondary N) is 1. The van der Waals surface area contributed by atoms with E-state index in [0.29, 0.717) is 0 Å². The van der Waals surface area contributed by atoms with E-state index in [2.05, 4.69) is 30.2 Å². The van der Waals surface area contributed by atoms with Crippen molar-refractivity contribution in [3.63, 3.8) is 0 Å². The molecular weight excluding hydrogens is 148 g/mol. The summed E-state index contributed by atoms with van der Waals surface area (Å²) in [5, 5.41) is 2.74. The maximum absolute atomic E-state index is 4.66. The van der Waals surface area contributed by atoms with Crippen molar-refractivity contribution in [2.24, 2.45) is 0 Å². The molecule has 1 rings (SSSR count). The Labute approximate surface area is 55.5 Å². The molecule has 1 aromatic heterocycles. The predicted octanol–water partition coefficient (Wildman–Crippen LogP) is 0.894. The van der Waals surface area contributed by atoms with Gasteiger partial charge in [0, 0.05) is 0 Å². The summed E-state index contributed by atoms with van der Waals surface area (Å²) in [5.41, 5.74) is 0. The summed E-state index contributed by atoms with van der Waals surface area (Å²) in [6.45, 7) is 0. The van der Waals surface area contributed by atoms with E-state index in [-0.39, 0.29) is 0 Å². The lowest BCUT2D eigenvalue weighted by Gasteiger charge is -1.53. The Morgan fingerprint density at radius 1 is 2.00 bits per heavy atom. The zero-order valence-electron chi connectivity index (χ0n) is 3.29. The second-order valence-electron chi connectivity index (χ2n) is 0.960. The first-order chi connectivity index (χ1) is 3.29. The van der Waals surface area contributed by atoms with Crippen molar-refractivity contribution in [1.82, 2.24) is 5.10 Å². The topological polar surface area (TPSA) is 21.7 Å². The monoisotopic (exact) mass is 151 g/mol. The number of nitrogens with zero attached hydrogens (tertiary/aromatic N) is 1. The largest absolute Gasteiger partial charge is 0.320 e. The SMILES string of the molecule is S=[n+]1[nH]cc(S)s1. The third kappa shape index (κ3) is 1.25. The normalized spacial score (nSPS) is 9.29. The predicted molar refractivity (Wildman–Crippen MR) is 33.5 cm³/mol. The first kappa shape index (κ1) is 5.27. The summed E-state index contributed by atoms with van der Waals surface area (Å²) >= 11 is 10.1. The Bertz CT molecular complexity index is 199. The molecule has 5 heteroatoms. The molecule has 0 unspecified atom stereocenters. The highest BCUT2D eigenvalue weighted by atomic mass is 32.2. The third-order valence-corrected chi connectivity index (χ3v) is 1.75. The number of hydrogen-bond donors (Lipinski definition) is 2. The van der Waals surface area contributed by atoms with Crippen molar-refractivity contribution in [3.8, 4) is 0 Å². The van der Waals surface area contributed by atoms with Gasteiger partial charge < -0.3 is 0 Å². The van der Waals surface area contributed by atoms with Crippen LogP contribution in [0.1, 0.15) is 0 Å². The van der Waals surface area contributed by atoms with Crippen LogP contribution in [0.25, 0.3) is 0 Å². The Balaban J connectivity index is 3.30. The highest BCUT2D eigenvalue weighted by molar-refractivity contribution is 7.82. The average Bonchev–Trinajstić information content (AvgIpc) is 1.87. The van der Waals surface area contributed by atoms with Crippen LogP contribution in [-0.4, -0.2) is 5.10 Å². The lowest BCUT2D eigenvalue weighted by molar-refractivity contribution is -0.428. The maximum atomic E-state index is 4.66. The minimum Gasteiger partial charge on any atom is -0.138 e. The molecule has 0 amide bonds. The van der Waals surface area contributed by atoms with Crippen LogP contribution < -0.4 is 3.12 Å². The molecule has 0 atom stereocenters. The molecule has 38 valence electrons. The van der Waals surface area contributed by atoms with Crippen molar-refractivity contribution < 1.29 is 3.12 Å². The summed E-state index contributed by atoms with van der Waals surface area (Å²) in [4.78, 5) is 0. The van der Waals surface area contributed by atoms with E-state index in [9.17, 15) is 0 Å². The molecule has 0 aliphatic carbocycles. The van der Waals surface area contributed by atoms with Crippen LogP contribution in [0.2, 0.25) is 0 Å². The van der Waals surface area contributed by atoms with E-state index < -0.39 is 0 Å². The quantitative estimate of drug-likeness (QED) is 0.417. The lowest BCUT2D eigenvalue weighted by atomic mass is 11.0. The number of thiol groups is 1. The minimum atomic E-state index is 0.898. The molecule has 0 saturated heterocycles. The molecule has 0 aliphatic heterocycles. The van der Waals surface area contributed by atoms with Crippen LogP contribution in [-0.2, 0) is 0 Å². The van der Waals surface area contributed by atoms with Crippen LogP contribution in [0.15, 0.2) is 10.4 Å². The highest BCUT2D eigenvalue weighted by Gasteiger charge is 1.91. The van der Waals surface area contributed by atoms with Gasteiger partial charge in [0.15, 0.2) is 11.5 Å². The zero-order chi connectivity index (χ0) is 5.28. The molecule has 2 nitrogen and oxygen atoms in total. The van der Waals surface area contributed by atoms with Crippen molar-refractivity contribution in [2.45, 2.75) is 4.21 Å². The fraction of sp³-hybridized carbons (Fsp3) is 0. The zero-order valence-corrected chi connectivity index (χ0v) is 5.82. The molecule has 7 heavy (non-hydrogen) atoms. The molecule has 1 N–H and O–H groups in total. The van der Waals surface area contributed by atoms with Gasteiger partial charge in [-0.05, 0) is 0 Å². The van der Waals surface area contributed by atoms with Crippen molar-refractivity contribution >= 4 is 36.6 Å².